The molecule has 4 rings (SSSR count). The highest BCUT2D eigenvalue weighted by Crippen LogP contribution is 2.38. The van der Waals surface area contributed by atoms with Gasteiger partial charge in [0.2, 0.25) is 0 Å². The highest BCUT2D eigenvalue weighted by molar-refractivity contribution is 5.91. The minimum atomic E-state index is -0.796. The molecule has 2 N–H and O–H groups in total. The molecule has 0 saturated heterocycles. The first-order valence-electron chi connectivity index (χ1n) is 15.2. The normalized spacial score (nSPS) is 16.3. The maximum absolute atomic E-state index is 12.2. The molecular formula is C37H42O6. The van der Waals surface area contributed by atoms with Crippen LogP contribution < -0.4 is 9.47 Å². The molecule has 0 aliphatic heterocycles. The molecule has 0 bridgehead atoms. The van der Waals surface area contributed by atoms with Gasteiger partial charge in [-0.3, -0.25) is 0 Å². The fourth-order valence-electron chi connectivity index (χ4n) is 5.61. The van der Waals surface area contributed by atoms with Crippen LogP contribution in [-0.4, -0.2) is 35.4 Å². The van der Waals surface area contributed by atoms with Crippen molar-refractivity contribution in [3.8, 4) is 33.8 Å². The van der Waals surface area contributed by atoms with Crippen LogP contribution in [0.4, 0.5) is 0 Å². The smallest absolute Gasteiger partial charge is 0.341 e. The number of hydrogen-bond acceptors (Lipinski definition) is 6. The van der Waals surface area contributed by atoms with Gasteiger partial charge in [-0.25, -0.2) is 9.59 Å². The van der Waals surface area contributed by atoms with Crippen LogP contribution >= 0.6 is 0 Å². The summed E-state index contributed by atoms with van der Waals surface area (Å²) in [5, 5.41) is 18.4. The van der Waals surface area contributed by atoms with Gasteiger partial charge in [0.05, 0.1) is 24.4 Å². The van der Waals surface area contributed by atoms with E-state index in [0.29, 0.717) is 11.5 Å². The van der Waals surface area contributed by atoms with Gasteiger partial charge in [-0.2, -0.15) is 0 Å². The second-order valence-electron chi connectivity index (χ2n) is 11.4. The first-order chi connectivity index (χ1) is 20.8. The minimum absolute atomic E-state index is 0.108. The zero-order valence-corrected chi connectivity index (χ0v) is 25.0. The standard InChI is InChI=1S/C37H42O6/c1-4-5-6-7-27-8-10-28(11-9-27)29-12-14-30(15-13-29)31-16-18-32(19-17-31)33-20-34(42-36(40)25(2)23-38)22-35(21-33)43-37(41)26(3)24-39/h12-22,27-28,38-39H,2-11,23-24H2,1H3. The maximum Gasteiger partial charge on any atom is 0.341 e. The van der Waals surface area contributed by atoms with Crippen molar-refractivity contribution >= 4 is 11.9 Å². The van der Waals surface area contributed by atoms with E-state index in [0.717, 1.165) is 22.6 Å². The molecule has 0 heterocycles. The van der Waals surface area contributed by atoms with Crippen molar-refractivity contribution in [2.75, 3.05) is 13.2 Å². The molecular weight excluding hydrogens is 540 g/mol. The van der Waals surface area contributed by atoms with Crippen LogP contribution in [0.25, 0.3) is 22.3 Å². The Morgan fingerprint density at radius 2 is 1.16 bits per heavy atom. The average Bonchev–Trinajstić information content (AvgIpc) is 3.04. The van der Waals surface area contributed by atoms with Crippen molar-refractivity contribution in [3.63, 3.8) is 0 Å². The Kier molecular flexibility index (Phi) is 11.5. The number of ether oxygens (including phenoxy) is 2. The summed E-state index contributed by atoms with van der Waals surface area (Å²) in [4.78, 5) is 24.5. The van der Waals surface area contributed by atoms with Gasteiger partial charge in [0.15, 0.2) is 0 Å². The Morgan fingerprint density at radius 1 is 0.698 bits per heavy atom. The third-order valence-corrected chi connectivity index (χ3v) is 8.26. The van der Waals surface area contributed by atoms with Crippen LogP contribution in [0.1, 0.15) is 69.8 Å². The highest BCUT2D eigenvalue weighted by atomic mass is 16.5. The second kappa shape index (κ2) is 15.5. The van der Waals surface area contributed by atoms with E-state index in [1.807, 2.05) is 24.3 Å². The van der Waals surface area contributed by atoms with E-state index < -0.39 is 25.2 Å². The lowest BCUT2D eigenvalue weighted by Crippen LogP contribution is -2.14. The molecule has 1 aliphatic rings. The Hall–Kier alpha value is -4.00. The van der Waals surface area contributed by atoms with Crippen LogP contribution in [0.3, 0.4) is 0 Å². The zero-order chi connectivity index (χ0) is 30.8. The SMILES string of the molecule is C=C(CO)C(=O)Oc1cc(OC(=O)C(=C)CO)cc(-c2ccc(-c3ccc(C4CCC(CCCCC)CC4)cc3)cc2)c1. The third kappa shape index (κ3) is 8.76. The maximum atomic E-state index is 12.2. The zero-order valence-electron chi connectivity index (χ0n) is 25.0. The summed E-state index contributed by atoms with van der Waals surface area (Å²) < 4.78 is 10.7. The van der Waals surface area contributed by atoms with Crippen molar-refractivity contribution in [1.82, 2.24) is 0 Å². The van der Waals surface area contributed by atoms with E-state index in [2.05, 4.69) is 44.3 Å². The molecule has 43 heavy (non-hydrogen) atoms. The van der Waals surface area contributed by atoms with E-state index in [-0.39, 0.29) is 22.6 Å². The number of hydrogen-bond donors (Lipinski definition) is 2. The van der Waals surface area contributed by atoms with Gasteiger partial charge < -0.3 is 19.7 Å². The number of aliphatic hydroxyl groups excluding tert-OH is 2. The summed E-state index contributed by atoms with van der Waals surface area (Å²) >= 11 is 0. The fourth-order valence-corrected chi connectivity index (χ4v) is 5.61. The lowest BCUT2D eigenvalue weighted by atomic mass is 9.77. The van der Waals surface area contributed by atoms with E-state index in [1.54, 1.807) is 12.1 Å². The summed E-state index contributed by atoms with van der Waals surface area (Å²) in [6.45, 7) is 8.17. The third-order valence-electron chi connectivity index (χ3n) is 8.26. The first kappa shape index (κ1) is 31.9. The van der Waals surface area contributed by atoms with Gasteiger partial charge in [0.25, 0.3) is 0 Å². The number of aliphatic hydroxyl groups is 2. The Labute approximate surface area is 254 Å². The number of esters is 2. The minimum Gasteiger partial charge on any atom is -0.423 e. The molecule has 1 aliphatic carbocycles. The molecule has 0 spiro atoms. The summed E-state index contributed by atoms with van der Waals surface area (Å²) in [6, 6.07) is 21.5. The van der Waals surface area contributed by atoms with Crippen LogP contribution in [0.2, 0.25) is 0 Å². The van der Waals surface area contributed by atoms with E-state index in [9.17, 15) is 19.8 Å². The lowest BCUT2D eigenvalue weighted by molar-refractivity contribution is -0.131. The topological polar surface area (TPSA) is 93.1 Å². The van der Waals surface area contributed by atoms with Crippen LogP contribution in [0.5, 0.6) is 11.5 Å². The molecule has 1 fully saturated rings. The molecule has 3 aromatic carbocycles. The van der Waals surface area contributed by atoms with Crippen LogP contribution in [0, 0.1) is 5.92 Å². The molecule has 0 atom stereocenters. The summed E-state index contributed by atoms with van der Waals surface area (Å²) in [7, 11) is 0. The molecule has 0 amide bonds. The fraction of sp³-hybridized carbons (Fsp3) is 0.351. The van der Waals surface area contributed by atoms with E-state index in [4.69, 9.17) is 9.47 Å². The van der Waals surface area contributed by atoms with Crippen molar-refractivity contribution in [1.29, 1.82) is 0 Å². The van der Waals surface area contributed by atoms with Gasteiger partial charge >= 0.3 is 11.9 Å². The average molecular weight is 583 g/mol. The summed E-state index contributed by atoms with van der Waals surface area (Å²) in [5.74, 6) is 0.184. The summed E-state index contributed by atoms with van der Waals surface area (Å²) in [6.07, 6.45) is 10.6. The van der Waals surface area contributed by atoms with Gasteiger partial charge in [-0.15, -0.1) is 0 Å². The molecule has 226 valence electrons. The van der Waals surface area contributed by atoms with Gasteiger partial charge in [-0.05, 0) is 77.5 Å². The monoisotopic (exact) mass is 582 g/mol. The predicted octanol–water partition coefficient (Wildman–Crippen LogP) is 7.78. The molecule has 6 nitrogen and oxygen atoms in total. The van der Waals surface area contributed by atoms with Crippen LogP contribution in [-0.2, 0) is 9.59 Å². The lowest BCUT2D eigenvalue weighted by Gasteiger charge is -2.29. The van der Waals surface area contributed by atoms with Gasteiger partial charge in [-0.1, -0.05) is 94.3 Å². The summed E-state index contributed by atoms with van der Waals surface area (Å²) in [5.41, 5.74) is 4.87. The van der Waals surface area contributed by atoms with Gasteiger partial charge in [0.1, 0.15) is 11.5 Å². The largest absolute Gasteiger partial charge is 0.423 e. The number of benzene rings is 3. The Morgan fingerprint density at radius 3 is 1.63 bits per heavy atom. The molecule has 3 aromatic rings. The molecule has 0 radical (unpaired) electrons. The first-order valence-corrected chi connectivity index (χ1v) is 15.2. The molecule has 0 aromatic heterocycles. The highest BCUT2D eigenvalue weighted by Gasteiger charge is 2.22. The second-order valence-corrected chi connectivity index (χ2v) is 11.4. The van der Waals surface area contributed by atoms with Gasteiger partial charge in [0, 0.05) is 6.07 Å². The molecule has 0 unspecified atom stereocenters. The van der Waals surface area contributed by atoms with Crippen molar-refractivity contribution < 1.29 is 29.3 Å². The predicted molar refractivity (Wildman–Crippen MR) is 170 cm³/mol. The number of carbonyl (C=O) groups is 2. The van der Waals surface area contributed by atoms with E-state index >= 15 is 0 Å². The van der Waals surface area contributed by atoms with Crippen LogP contribution in [0.15, 0.2) is 91.0 Å². The number of carbonyl (C=O) groups excluding carboxylic acids is 2. The number of rotatable bonds is 13. The number of unbranched alkanes of at least 4 members (excludes halogenated alkanes) is 2. The molecule has 1 saturated carbocycles. The Bertz CT molecular complexity index is 1360. The van der Waals surface area contributed by atoms with Crippen molar-refractivity contribution in [2.45, 2.75) is 64.2 Å². The quantitative estimate of drug-likeness (QED) is 0.0925. The van der Waals surface area contributed by atoms with E-state index in [1.165, 1.54) is 63.0 Å². The van der Waals surface area contributed by atoms with Crippen molar-refractivity contribution in [3.05, 3.63) is 96.6 Å². The Balaban J connectivity index is 1.48. The molecule has 6 heteroatoms. The van der Waals surface area contributed by atoms with Crippen molar-refractivity contribution in [2.24, 2.45) is 5.92 Å².